The van der Waals surface area contributed by atoms with E-state index in [1.807, 2.05) is 18.2 Å². The third-order valence-electron chi connectivity index (χ3n) is 5.56. The van der Waals surface area contributed by atoms with Crippen molar-refractivity contribution < 1.29 is 23.5 Å². The van der Waals surface area contributed by atoms with E-state index in [2.05, 4.69) is 42.9 Å². The van der Waals surface area contributed by atoms with Crippen LogP contribution in [0.5, 0.6) is 0 Å². The summed E-state index contributed by atoms with van der Waals surface area (Å²) in [4.78, 5) is 29.3. The number of carbonyl (C=O) groups is 2. The number of hydrogen-bond donors (Lipinski definition) is 2. The summed E-state index contributed by atoms with van der Waals surface area (Å²) >= 11 is 1.33. The van der Waals surface area contributed by atoms with Crippen LogP contribution >= 0.6 is 11.3 Å². The number of benzene rings is 2. The van der Waals surface area contributed by atoms with Crippen molar-refractivity contribution in [2.75, 3.05) is 5.32 Å². The van der Waals surface area contributed by atoms with E-state index in [1.165, 1.54) is 18.3 Å². The van der Waals surface area contributed by atoms with Crippen molar-refractivity contribution in [2.24, 2.45) is 5.41 Å². The third kappa shape index (κ3) is 5.37. The molecule has 2 N–H and O–H groups in total. The average Bonchev–Trinajstić information content (AvgIpc) is 3.22. The van der Waals surface area contributed by atoms with Gasteiger partial charge in [0.15, 0.2) is 5.13 Å². The zero-order valence-corrected chi connectivity index (χ0v) is 21.1. The molecule has 1 heterocycles. The Bertz CT molecular complexity index is 1460. The van der Waals surface area contributed by atoms with Crippen molar-refractivity contribution in [1.29, 1.82) is 0 Å². The Balaban J connectivity index is 1.61. The molecule has 184 valence electrons. The van der Waals surface area contributed by atoms with Gasteiger partial charge in [0.2, 0.25) is 0 Å². The Labute approximate surface area is 211 Å². The highest BCUT2D eigenvalue weighted by molar-refractivity contribution is 7.16. The number of anilines is 1. The topological polar surface area (TPSA) is 79.3 Å². The first kappa shape index (κ1) is 25.3. The van der Waals surface area contributed by atoms with Gasteiger partial charge >= 0.3 is 5.97 Å². The Morgan fingerprint density at radius 1 is 1.17 bits per heavy atom. The Morgan fingerprint density at radius 3 is 2.50 bits per heavy atom. The quantitative estimate of drug-likeness (QED) is 0.320. The molecule has 3 aromatic rings. The fourth-order valence-corrected chi connectivity index (χ4v) is 4.74. The van der Waals surface area contributed by atoms with Crippen LogP contribution in [0, 0.1) is 28.9 Å². The van der Waals surface area contributed by atoms with Crippen molar-refractivity contribution in [3.63, 3.8) is 0 Å². The Morgan fingerprint density at radius 2 is 1.86 bits per heavy atom. The molecule has 0 unspecified atom stereocenters. The number of amides is 1. The number of aryl methyl sites for hydroxylation is 1. The number of thiazole rings is 1. The summed E-state index contributed by atoms with van der Waals surface area (Å²) in [5.74, 6) is 2.49. The molecular weight excluding hydrogens is 482 g/mol. The van der Waals surface area contributed by atoms with E-state index in [0.717, 1.165) is 58.3 Å². The average molecular weight is 507 g/mol. The van der Waals surface area contributed by atoms with Crippen LogP contribution in [0.3, 0.4) is 0 Å². The van der Waals surface area contributed by atoms with Gasteiger partial charge in [-0.3, -0.25) is 10.1 Å². The highest BCUT2D eigenvalue weighted by Crippen LogP contribution is 2.39. The number of carboxylic acids is 1. The maximum Gasteiger partial charge on any atom is 0.331 e. The monoisotopic (exact) mass is 506 g/mol. The van der Waals surface area contributed by atoms with Crippen molar-refractivity contribution in [1.82, 2.24) is 4.98 Å². The van der Waals surface area contributed by atoms with Crippen LogP contribution in [-0.4, -0.2) is 22.0 Å². The molecule has 0 fully saturated rings. The highest BCUT2D eigenvalue weighted by atomic mass is 32.1. The lowest BCUT2D eigenvalue weighted by Gasteiger charge is -2.16. The van der Waals surface area contributed by atoms with E-state index in [-0.39, 0.29) is 16.6 Å². The molecule has 1 aliphatic carbocycles. The van der Waals surface area contributed by atoms with Gasteiger partial charge < -0.3 is 5.11 Å². The lowest BCUT2D eigenvalue weighted by Crippen LogP contribution is -2.13. The first-order valence-electron chi connectivity index (χ1n) is 11.3. The van der Waals surface area contributed by atoms with Crippen LogP contribution in [-0.2, 0) is 17.6 Å². The van der Waals surface area contributed by atoms with Gasteiger partial charge in [-0.25, -0.2) is 18.6 Å². The minimum Gasteiger partial charge on any atom is -0.478 e. The van der Waals surface area contributed by atoms with Crippen molar-refractivity contribution >= 4 is 34.4 Å². The summed E-state index contributed by atoms with van der Waals surface area (Å²) in [6, 6.07) is 7.67. The molecule has 0 spiro atoms. The smallest absolute Gasteiger partial charge is 0.331 e. The SMILES string of the molecule is CC(=Cc1c(F)cc(C(=O)Nc2nc3c(s2)CCc2c(C#CC(C)(C)C)cccc2-3)cc1F)C(=O)O. The summed E-state index contributed by atoms with van der Waals surface area (Å²) in [6.45, 7) is 7.40. The summed E-state index contributed by atoms with van der Waals surface area (Å²) in [6.07, 6.45) is 2.44. The van der Waals surface area contributed by atoms with E-state index in [9.17, 15) is 18.4 Å². The summed E-state index contributed by atoms with van der Waals surface area (Å²) < 4.78 is 29.0. The second kappa shape index (κ2) is 9.67. The molecular formula is C28H24F2N2O3S. The second-order valence-electron chi connectivity index (χ2n) is 9.56. The van der Waals surface area contributed by atoms with Gasteiger partial charge in [0, 0.05) is 38.1 Å². The minimum atomic E-state index is -1.29. The second-order valence-corrected chi connectivity index (χ2v) is 10.6. The third-order valence-corrected chi connectivity index (χ3v) is 6.59. The van der Waals surface area contributed by atoms with Crippen molar-refractivity contribution in [3.8, 4) is 23.1 Å². The van der Waals surface area contributed by atoms with Crippen LogP contribution < -0.4 is 5.32 Å². The van der Waals surface area contributed by atoms with Crippen LogP contribution in [0.2, 0.25) is 0 Å². The zero-order chi connectivity index (χ0) is 26.2. The molecule has 1 aliphatic rings. The van der Waals surface area contributed by atoms with Crippen LogP contribution in [0.25, 0.3) is 17.3 Å². The maximum atomic E-state index is 14.5. The minimum absolute atomic E-state index is 0.122. The zero-order valence-electron chi connectivity index (χ0n) is 20.3. The van der Waals surface area contributed by atoms with Gasteiger partial charge in [-0.1, -0.05) is 24.0 Å². The molecule has 0 radical (unpaired) electrons. The summed E-state index contributed by atoms with van der Waals surface area (Å²) in [5, 5.41) is 11.9. The lowest BCUT2D eigenvalue weighted by molar-refractivity contribution is -0.132. The number of rotatable bonds is 4. The molecule has 0 saturated heterocycles. The van der Waals surface area contributed by atoms with Gasteiger partial charge in [0.1, 0.15) is 11.6 Å². The Kier molecular flexibility index (Phi) is 6.79. The van der Waals surface area contributed by atoms with E-state index < -0.39 is 29.1 Å². The number of nitrogens with one attached hydrogen (secondary N) is 1. The van der Waals surface area contributed by atoms with Gasteiger partial charge in [-0.15, -0.1) is 11.3 Å². The van der Waals surface area contributed by atoms with E-state index in [1.54, 1.807) is 0 Å². The first-order chi connectivity index (χ1) is 16.9. The first-order valence-corrected chi connectivity index (χ1v) is 12.1. The summed E-state index contributed by atoms with van der Waals surface area (Å²) in [7, 11) is 0. The Hall–Kier alpha value is -3.83. The number of halogens is 2. The number of carbonyl (C=O) groups excluding carboxylic acids is 1. The van der Waals surface area contributed by atoms with Gasteiger partial charge in [0.25, 0.3) is 5.91 Å². The molecule has 0 bridgehead atoms. The molecule has 4 rings (SSSR count). The number of hydrogen-bond acceptors (Lipinski definition) is 4. The number of aliphatic carboxylic acids is 1. The van der Waals surface area contributed by atoms with Crippen LogP contribution in [0.1, 0.15) is 59.6 Å². The maximum absolute atomic E-state index is 14.5. The number of aromatic nitrogens is 1. The molecule has 0 saturated carbocycles. The number of fused-ring (bicyclic) bond motifs is 3. The molecule has 2 aromatic carbocycles. The molecule has 0 aliphatic heterocycles. The number of nitrogens with zero attached hydrogens (tertiary/aromatic N) is 1. The van der Waals surface area contributed by atoms with Gasteiger partial charge in [-0.2, -0.15) is 0 Å². The number of carboxylic acid groups (broad SMARTS) is 1. The molecule has 1 aromatic heterocycles. The van der Waals surface area contributed by atoms with Crippen molar-refractivity contribution in [3.05, 3.63) is 74.7 Å². The molecule has 1 amide bonds. The van der Waals surface area contributed by atoms with Gasteiger partial charge in [0.05, 0.1) is 5.69 Å². The van der Waals surface area contributed by atoms with Crippen LogP contribution in [0.15, 0.2) is 35.9 Å². The lowest BCUT2D eigenvalue weighted by atomic mass is 9.89. The fraction of sp³-hybridized carbons (Fsp3) is 0.250. The van der Waals surface area contributed by atoms with Crippen LogP contribution in [0.4, 0.5) is 13.9 Å². The van der Waals surface area contributed by atoms with E-state index in [0.29, 0.717) is 5.13 Å². The summed E-state index contributed by atoms with van der Waals surface area (Å²) in [5.41, 5.74) is 2.73. The largest absolute Gasteiger partial charge is 0.478 e. The standard InChI is InChI=1S/C28H24F2N2O3S/c1-15(26(34)35)12-20-21(29)13-17(14-22(20)30)25(33)32-27-31-24-19-7-5-6-16(10-11-28(2,3)4)18(19)8-9-23(24)36-27/h5-7,12-14H,8-9H2,1-4H3,(H,34,35)(H,31,32,33). The van der Waals surface area contributed by atoms with Gasteiger partial charge in [-0.05, 0) is 70.4 Å². The predicted molar refractivity (Wildman–Crippen MR) is 137 cm³/mol. The normalized spacial score (nSPS) is 12.8. The van der Waals surface area contributed by atoms with E-state index >= 15 is 0 Å². The fourth-order valence-electron chi connectivity index (χ4n) is 3.77. The molecule has 36 heavy (non-hydrogen) atoms. The highest BCUT2D eigenvalue weighted by Gasteiger charge is 2.24. The van der Waals surface area contributed by atoms with E-state index in [4.69, 9.17) is 5.11 Å². The van der Waals surface area contributed by atoms with Crippen molar-refractivity contribution in [2.45, 2.75) is 40.5 Å². The predicted octanol–water partition coefficient (Wildman–Crippen LogP) is 6.32. The molecule has 0 atom stereocenters. The molecule has 5 nitrogen and oxygen atoms in total. The molecule has 8 heteroatoms.